The molecule has 8 rings (SSSR count). The number of benzene rings is 6. The maximum absolute atomic E-state index is 13.8. The Hall–Kier alpha value is -4.74. The van der Waals surface area contributed by atoms with E-state index in [0.29, 0.717) is 11.1 Å². The number of carbonyl (C=O) groups is 2. The molecule has 0 bridgehead atoms. The summed E-state index contributed by atoms with van der Waals surface area (Å²) in [5, 5.41) is 3.65. The Kier molecular flexibility index (Phi) is 5.44. The minimum atomic E-state index is -2.46. The quantitative estimate of drug-likeness (QED) is 0.0872. The number of para-hydroxylation sites is 2. The van der Waals surface area contributed by atoms with Crippen LogP contribution in [-0.2, 0) is 0 Å². The molecule has 200 valence electrons. The molecule has 1 aliphatic carbocycles. The molecule has 0 saturated carbocycles. The molecule has 0 aromatic heterocycles. The van der Waals surface area contributed by atoms with Crippen LogP contribution in [0.1, 0.15) is 26.3 Å². The minimum absolute atomic E-state index is 0.200. The van der Waals surface area contributed by atoms with Crippen molar-refractivity contribution in [1.82, 2.24) is 0 Å². The molecule has 0 fully saturated rings. The van der Waals surface area contributed by atoms with Gasteiger partial charge in [0.25, 0.3) is 0 Å². The van der Waals surface area contributed by atoms with E-state index in [2.05, 4.69) is 77.1 Å². The van der Waals surface area contributed by atoms with Crippen LogP contribution in [0.15, 0.2) is 127 Å². The number of ketones is 2. The van der Waals surface area contributed by atoms with Gasteiger partial charge in [-0.2, -0.15) is 0 Å². The Morgan fingerprint density at radius 3 is 1.45 bits per heavy atom. The van der Waals surface area contributed by atoms with E-state index >= 15 is 0 Å². The number of rotatable bonds is 2. The number of anilines is 3. The Labute approximate surface area is 247 Å². The van der Waals surface area contributed by atoms with E-state index in [1.807, 2.05) is 60.7 Å². The standard InChI is InChI=1S/C38H27GeNO2/c1-39(2)31-15-7-9-17-33(31)40(34-18-10-8-16-32(34)39)25-21-19-24(20-22-25)23-30-37(41)35-28-13-5-3-11-26(28)27-12-4-6-14-29(27)36(35)38(30)42/h3-23H,1-2H3. The molecule has 0 unspecified atom stereocenters. The van der Waals surface area contributed by atoms with Crippen LogP contribution < -0.4 is 13.7 Å². The summed E-state index contributed by atoms with van der Waals surface area (Å²) in [6, 6.07) is 41.5. The first-order valence-electron chi connectivity index (χ1n) is 14.3. The van der Waals surface area contributed by atoms with Gasteiger partial charge in [0.1, 0.15) is 0 Å². The number of nitrogens with zero attached hydrogens (tertiary/aromatic N) is 1. The first kappa shape index (κ1) is 25.0. The Balaban J connectivity index is 1.23. The Morgan fingerprint density at radius 2 is 0.952 bits per heavy atom. The van der Waals surface area contributed by atoms with Crippen LogP contribution in [0.2, 0.25) is 11.5 Å². The fourth-order valence-electron chi connectivity index (χ4n) is 6.95. The van der Waals surface area contributed by atoms with E-state index in [9.17, 15) is 9.59 Å². The summed E-state index contributed by atoms with van der Waals surface area (Å²) in [6.07, 6.45) is 1.76. The predicted molar refractivity (Wildman–Crippen MR) is 176 cm³/mol. The van der Waals surface area contributed by atoms with Crippen molar-refractivity contribution in [3.8, 4) is 0 Å². The van der Waals surface area contributed by atoms with Crippen molar-refractivity contribution in [1.29, 1.82) is 0 Å². The van der Waals surface area contributed by atoms with Gasteiger partial charge < -0.3 is 0 Å². The van der Waals surface area contributed by atoms with Gasteiger partial charge in [0, 0.05) is 0 Å². The zero-order valence-corrected chi connectivity index (χ0v) is 25.5. The summed E-state index contributed by atoms with van der Waals surface area (Å²) in [5.74, 6) is 4.52. The molecule has 2 aliphatic rings. The zero-order valence-electron chi connectivity index (χ0n) is 23.4. The second-order valence-electron chi connectivity index (χ2n) is 11.6. The van der Waals surface area contributed by atoms with Crippen LogP contribution in [0, 0.1) is 0 Å². The van der Waals surface area contributed by atoms with Crippen molar-refractivity contribution in [2.75, 3.05) is 4.90 Å². The number of allylic oxidation sites excluding steroid dienone is 1. The number of hydrogen-bond donors (Lipinski definition) is 0. The molecule has 0 N–H and O–H groups in total. The van der Waals surface area contributed by atoms with Gasteiger partial charge in [-0.15, -0.1) is 0 Å². The molecule has 0 atom stereocenters. The van der Waals surface area contributed by atoms with Gasteiger partial charge in [-0.3, -0.25) is 0 Å². The van der Waals surface area contributed by atoms with Crippen molar-refractivity contribution in [3.05, 3.63) is 144 Å². The molecule has 4 heteroatoms. The molecular weight excluding hydrogens is 575 g/mol. The normalized spacial score (nSPS) is 15.1. The zero-order chi connectivity index (χ0) is 28.6. The molecule has 0 amide bonds. The van der Waals surface area contributed by atoms with Gasteiger partial charge >= 0.3 is 189 Å². The topological polar surface area (TPSA) is 37.4 Å². The van der Waals surface area contributed by atoms with Crippen LogP contribution in [0.3, 0.4) is 0 Å². The van der Waals surface area contributed by atoms with Crippen molar-refractivity contribution in [2.24, 2.45) is 0 Å². The summed E-state index contributed by atoms with van der Waals surface area (Å²) >= 11 is -2.46. The van der Waals surface area contributed by atoms with Crippen LogP contribution >= 0.6 is 0 Å². The van der Waals surface area contributed by atoms with Gasteiger partial charge in [0.05, 0.1) is 0 Å². The average molecular weight is 602 g/mol. The molecular formula is C38H27GeNO2. The fourth-order valence-corrected chi connectivity index (χ4v) is 13.2. The first-order valence-corrected chi connectivity index (χ1v) is 20.6. The molecule has 42 heavy (non-hydrogen) atoms. The summed E-state index contributed by atoms with van der Waals surface area (Å²) in [7, 11) is 0. The Bertz CT molecular complexity index is 2030. The van der Waals surface area contributed by atoms with Crippen molar-refractivity contribution in [3.63, 3.8) is 0 Å². The summed E-state index contributed by atoms with van der Waals surface area (Å²) in [6.45, 7) is 0. The summed E-state index contributed by atoms with van der Waals surface area (Å²) in [5.41, 5.74) is 5.62. The van der Waals surface area contributed by atoms with E-state index in [0.717, 1.165) is 32.8 Å². The van der Waals surface area contributed by atoms with E-state index < -0.39 is 13.3 Å². The SMILES string of the molecule is [CH3][Ge]1([CH3])[c]2ccccc2N(c2ccc(C=C3C(=O)c4c(c5ccccc5c5ccccc45)C3=O)cc2)c2cccc[c]21. The number of hydrogen-bond acceptors (Lipinski definition) is 3. The third-order valence-corrected chi connectivity index (χ3v) is 16.4. The fraction of sp³-hybridized carbons (Fsp3) is 0.0526. The van der Waals surface area contributed by atoms with Gasteiger partial charge in [0.2, 0.25) is 0 Å². The van der Waals surface area contributed by atoms with E-state index in [-0.39, 0.29) is 17.1 Å². The molecule has 0 saturated heterocycles. The van der Waals surface area contributed by atoms with Crippen LogP contribution in [0.25, 0.3) is 27.6 Å². The molecule has 1 heterocycles. The number of fused-ring (bicyclic) bond motifs is 8. The maximum atomic E-state index is 13.8. The van der Waals surface area contributed by atoms with Gasteiger partial charge in [-0.1, -0.05) is 48.5 Å². The summed E-state index contributed by atoms with van der Waals surface area (Å²) < 4.78 is 2.92. The molecule has 1 aliphatic heterocycles. The number of Topliss-reactive ketones (excluding diaryl/α,β-unsaturated/α-hetero) is 2. The molecule has 3 nitrogen and oxygen atoms in total. The second kappa shape index (κ2) is 9.13. The predicted octanol–water partition coefficient (Wildman–Crippen LogP) is 8.06. The van der Waals surface area contributed by atoms with E-state index in [4.69, 9.17) is 0 Å². The van der Waals surface area contributed by atoms with Gasteiger partial charge in [-0.25, -0.2) is 0 Å². The third-order valence-electron chi connectivity index (χ3n) is 8.98. The third kappa shape index (κ3) is 3.47. The van der Waals surface area contributed by atoms with Crippen molar-refractivity contribution in [2.45, 2.75) is 11.5 Å². The second-order valence-corrected chi connectivity index (χ2v) is 20.7. The molecule has 6 aromatic carbocycles. The average Bonchev–Trinajstić information content (AvgIpc) is 3.27. The molecule has 0 radical (unpaired) electrons. The first-order chi connectivity index (χ1) is 20.4. The molecule has 0 spiro atoms. The van der Waals surface area contributed by atoms with Gasteiger partial charge in [-0.05, 0) is 10.8 Å². The van der Waals surface area contributed by atoms with E-state index in [1.165, 1.54) is 20.2 Å². The van der Waals surface area contributed by atoms with Crippen LogP contribution in [-0.4, -0.2) is 24.8 Å². The molecule has 6 aromatic rings. The van der Waals surface area contributed by atoms with Crippen molar-refractivity contribution >= 4 is 78.3 Å². The van der Waals surface area contributed by atoms with Crippen LogP contribution in [0.4, 0.5) is 17.1 Å². The number of carbonyl (C=O) groups excluding carboxylic acids is 2. The van der Waals surface area contributed by atoms with Gasteiger partial charge in [0.15, 0.2) is 0 Å². The Morgan fingerprint density at radius 1 is 0.524 bits per heavy atom. The summed E-state index contributed by atoms with van der Waals surface area (Å²) in [4.78, 5) is 30.0. The van der Waals surface area contributed by atoms with Crippen LogP contribution in [0.5, 0.6) is 0 Å². The monoisotopic (exact) mass is 603 g/mol. The van der Waals surface area contributed by atoms with Crippen molar-refractivity contribution < 1.29 is 9.59 Å². The van der Waals surface area contributed by atoms with E-state index in [1.54, 1.807) is 6.08 Å².